The molecular weight excluding hydrogens is 408 g/mol. The summed E-state index contributed by atoms with van der Waals surface area (Å²) in [6, 6.07) is 6.68. The van der Waals surface area contributed by atoms with Crippen molar-refractivity contribution in [3.8, 4) is 0 Å². The Balaban J connectivity index is 1.35. The van der Waals surface area contributed by atoms with E-state index in [1.165, 1.54) is 28.5 Å². The van der Waals surface area contributed by atoms with E-state index >= 15 is 0 Å². The molecule has 29 heavy (non-hydrogen) atoms. The largest absolute Gasteiger partial charge is 0.298 e. The molecule has 0 unspecified atom stereocenters. The van der Waals surface area contributed by atoms with Gasteiger partial charge in [0.1, 0.15) is 0 Å². The van der Waals surface area contributed by atoms with E-state index in [-0.39, 0.29) is 11.7 Å². The number of nitrogens with zero attached hydrogens (tertiary/aromatic N) is 3. The van der Waals surface area contributed by atoms with Crippen LogP contribution in [0.2, 0.25) is 0 Å². The van der Waals surface area contributed by atoms with Gasteiger partial charge in [0.15, 0.2) is 5.13 Å². The van der Waals surface area contributed by atoms with Gasteiger partial charge in [-0.2, -0.15) is 0 Å². The number of hydrogen-bond donors (Lipinski definition) is 1. The maximum absolute atomic E-state index is 12.5. The molecule has 1 aromatic heterocycles. The van der Waals surface area contributed by atoms with Crippen molar-refractivity contribution in [2.45, 2.75) is 32.7 Å². The maximum Gasteiger partial charge on any atom is 0.257 e. The van der Waals surface area contributed by atoms with Crippen LogP contribution in [0, 0.1) is 5.92 Å². The Kier molecular flexibility index (Phi) is 5.89. The van der Waals surface area contributed by atoms with Gasteiger partial charge in [-0.25, -0.2) is 13.4 Å². The van der Waals surface area contributed by atoms with Gasteiger partial charge in [0.25, 0.3) is 5.91 Å². The standard InChI is InChI=1S/C20H26N4O3S2/c1-15-7-10-23(11-8-15)13-17-14-28-20(21-17)22-19(25)16-3-5-18(6-4-16)24-9-2-12-29(24,26)27/h3-6,14-15H,2,7-13H2,1H3,(H,21,22,25). The van der Waals surface area contributed by atoms with Gasteiger partial charge in [0.2, 0.25) is 10.0 Å². The first kappa shape index (κ1) is 20.3. The van der Waals surface area contributed by atoms with Gasteiger partial charge in [0, 0.05) is 24.0 Å². The van der Waals surface area contributed by atoms with Crippen molar-refractivity contribution in [2.75, 3.05) is 35.0 Å². The van der Waals surface area contributed by atoms with Crippen molar-refractivity contribution < 1.29 is 13.2 Å². The molecule has 2 saturated heterocycles. The third-order valence-electron chi connectivity index (χ3n) is 5.55. The third kappa shape index (κ3) is 4.79. The highest BCUT2D eigenvalue weighted by atomic mass is 32.2. The molecule has 0 atom stereocenters. The summed E-state index contributed by atoms with van der Waals surface area (Å²) in [6.45, 7) is 5.80. The van der Waals surface area contributed by atoms with Gasteiger partial charge < -0.3 is 0 Å². The minimum absolute atomic E-state index is 0.179. The normalized spacial score (nSPS) is 20.1. The Bertz CT molecular complexity index is 964. The molecule has 1 aromatic carbocycles. The van der Waals surface area contributed by atoms with Crippen molar-refractivity contribution in [3.05, 3.63) is 40.9 Å². The number of rotatable bonds is 5. The average molecular weight is 435 g/mol. The van der Waals surface area contributed by atoms with E-state index < -0.39 is 10.0 Å². The van der Waals surface area contributed by atoms with E-state index in [4.69, 9.17) is 0 Å². The molecule has 156 valence electrons. The lowest BCUT2D eigenvalue weighted by molar-refractivity contribution is 0.102. The zero-order valence-corrected chi connectivity index (χ0v) is 18.1. The summed E-state index contributed by atoms with van der Waals surface area (Å²) in [5, 5.41) is 5.43. The summed E-state index contributed by atoms with van der Waals surface area (Å²) >= 11 is 1.43. The number of carbonyl (C=O) groups is 1. The number of sulfonamides is 1. The van der Waals surface area contributed by atoms with Gasteiger partial charge in [0.05, 0.1) is 17.1 Å². The topological polar surface area (TPSA) is 82.6 Å². The van der Waals surface area contributed by atoms with Crippen LogP contribution in [-0.2, 0) is 16.6 Å². The van der Waals surface area contributed by atoms with Gasteiger partial charge in [-0.15, -0.1) is 11.3 Å². The molecule has 7 nitrogen and oxygen atoms in total. The van der Waals surface area contributed by atoms with Gasteiger partial charge in [-0.05, 0) is 62.5 Å². The van der Waals surface area contributed by atoms with Crippen LogP contribution < -0.4 is 9.62 Å². The van der Waals surface area contributed by atoms with E-state index in [2.05, 4.69) is 22.1 Å². The Morgan fingerprint density at radius 2 is 1.93 bits per heavy atom. The number of aromatic nitrogens is 1. The fourth-order valence-electron chi connectivity index (χ4n) is 3.76. The maximum atomic E-state index is 12.5. The van der Waals surface area contributed by atoms with Crippen molar-refractivity contribution in [2.24, 2.45) is 5.92 Å². The number of likely N-dealkylation sites (tertiary alicyclic amines) is 1. The number of anilines is 2. The molecule has 0 aliphatic carbocycles. The highest BCUT2D eigenvalue weighted by molar-refractivity contribution is 7.93. The lowest BCUT2D eigenvalue weighted by atomic mass is 9.99. The SMILES string of the molecule is CC1CCN(Cc2csc(NC(=O)c3ccc(N4CCCS4(=O)=O)cc3)n2)CC1. The number of carbonyl (C=O) groups excluding carboxylic acids is 1. The zero-order valence-electron chi connectivity index (χ0n) is 16.5. The summed E-state index contributed by atoms with van der Waals surface area (Å²) < 4.78 is 25.4. The van der Waals surface area contributed by atoms with Crippen LogP contribution in [0.5, 0.6) is 0 Å². The quantitative estimate of drug-likeness (QED) is 0.782. The van der Waals surface area contributed by atoms with Gasteiger partial charge >= 0.3 is 0 Å². The third-order valence-corrected chi connectivity index (χ3v) is 8.23. The van der Waals surface area contributed by atoms with Crippen LogP contribution in [0.3, 0.4) is 0 Å². The van der Waals surface area contributed by atoms with Crippen LogP contribution in [0.15, 0.2) is 29.6 Å². The van der Waals surface area contributed by atoms with Crippen LogP contribution in [0.1, 0.15) is 42.2 Å². The van der Waals surface area contributed by atoms with E-state index in [1.54, 1.807) is 24.3 Å². The number of piperidine rings is 1. The second-order valence-corrected chi connectivity index (χ2v) is 10.7. The molecule has 0 spiro atoms. The van der Waals surface area contributed by atoms with Crippen molar-refractivity contribution >= 4 is 38.1 Å². The lowest BCUT2D eigenvalue weighted by Gasteiger charge is -2.29. The zero-order chi connectivity index (χ0) is 20.4. The Morgan fingerprint density at radius 3 is 2.59 bits per heavy atom. The highest BCUT2D eigenvalue weighted by Gasteiger charge is 2.28. The number of nitrogens with one attached hydrogen (secondary N) is 1. The van der Waals surface area contributed by atoms with Crippen molar-refractivity contribution in [1.29, 1.82) is 0 Å². The molecule has 1 N–H and O–H groups in total. The second-order valence-electron chi connectivity index (χ2n) is 7.85. The Labute approximate surface area is 175 Å². The first-order chi connectivity index (χ1) is 13.9. The number of benzene rings is 1. The smallest absolute Gasteiger partial charge is 0.257 e. The fourth-order valence-corrected chi connectivity index (χ4v) is 6.03. The first-order valence-corrected chi connectivity index (χ1v) is 12.5. The second kappa shape index (κ2) is 8.41. The van der Waals surface area contributed by atoms with E-state index in [1.807, 2.05) is 5.38 Å². The van der Waals surface area contributed by atoms with Crippen LogP contribution >= 0.6 is 11.3 Å². The van der Waals surface area contributed by atoms with Crippen LogP contribution in [0.25, 0.3) is 0 Å². The molecule has 9 heteroatoms. The van der Waals surface area contributed by atoms with Gasteiger partial charge in [-0.3, -0.25) is 19.3 Å². The van der Waals surface area contributed by atoms with E-state index in [9.17, 15) is 13.2 Å². The molecule has 0 radical (unpaired) electrons. The minimum Gasteiger partial charge on any atom is -0.298 e. The summed E-state index contributed by atoms with van der Waals surface area (Å²) in [5.74, 6) is 0.736. The average Bonchev–Trinajstić information content (AvgIpc) is 3.29. The van der Waals surface area contributed by atoms with Gasteiger partial charge in [-0.1, -0.05) is 6.92 Å². The summed E-state index contributed by atoms with van der Waals surface area (Å²) in [4.78, 5) is 19.5. The molecule has 2 fully saturated rings. The molecular formula is C20H26N4O3S2. The minimum atomic E-state index is -3.21. The molecule has 0 saturated carbocycles. The fraction of sp³-hybridized carbons (Fsp3) is 0.500. The molecule has 0 bridgehead atoms. The summed E-state index contributed by atoms with van der Waals surface area (Å²) in [7, 11) is -3.21. The summed E-state index contributed by atoms with van der Waals surface area (Å²) in [6.07, 6.45) is 3.08. The Hall–Kier alpha value is -1.97. The number of hydrogen-bond acceptors (Lipinski definition) is 6. The van der Waals surface area contributed by atoms with E-state index in [0.717, 1.165) is 31.2 Å². The predicted octanol–water partition coefficient (Wildman–Crippen LogP) is 3.17. The van der Waals surface area contributed by atoms with Crippen LogP contribution in [-0.4, -0.2) is 49.6 Å². The van der Waals surface area contributed by atoms with Crippen molar-refractivity contribution in [3.63, 3.8) is 0 Å². The van der Waals surface area contributed by atoms with E-state index in [0.29, 0.717) is 29.3 Å². The highest BCUT2D eigenvalue weighted by Crippen LogP contribution is 2.25. The molecule has 1 amide bonds. The molecule has 3 heterocycles. The summed E-state index contributed by atoms with van der Waals surface area (Å²) in [5.41, 5.74) is 2.06. The molecule has 2 aliphatic heterocycles. The molecule has 4 rings (SSSR count). The first-order valence-electron chi connectivity index (χ1n) is 9.99. The van der Waals surface area contributed by atoms with Crippen LogP contribution in [0.4, 0.5) is 10.8 Å². The Morgan fingerprint density at radius 1 is 1.21 bits per heavy atom. The monoisotopic (exact) mass is 434 g/mol. The molecule has 2 aromatic rings. The predicted molar refractivity (Wildman–Crippen MR) is 116 cm³/mol. The lowest BCUT2D eigenvalue weighted by Crippen LogP contribution is -2.32. The van der Waals surface area contributed by atoms with Crippen molar-refractivity contribution in [1.82, 2.24) is 9.88 Å². The molecule has 2 aliphatic rings. The number of amides is 1. The number of thiazole rings is 1.